The highest BCUT2D eigenvalue weighted by molar-refractivity contribution is 6.10. The Morgan fingerprint density at radius 2 is 2.04 bits per heavy atom. The Labute approximate surface area is 143 Å². The van der Waals surface area contributed by atoms with E-state index < -0.39 is 21.8 Å². The Morgan fingerprint density at radius 1 is 1.24 bits per heavy atom. The summed E-state index contributed by atoms with van der Waals surface area (Å²) in [6.07, 6.45) is 3.18. The van der Waals surface area contributed by atoms with Crippen molar-refractivity contribution in [2.45, 2.75) is 30.6 Å². The van der Waals surface area contributed by atoms with Gasteiger partial charge in [-0.1, -0.05) is 24.3 Å². The number of nitro groups is 1. The number of carbonyl (C=O) groups excluding carboxylic acids is 1. The maximum atomic E-state index is 13.6. The van der Waals surface area contributed by atoms with E-state index in [9.17, 15) is 19.3 Å². The molecule has 126 valence electrons. The number of ketones is 1. The topological polar surface area (TPSA) is 72.6 Å². The highest BCUT2D eigenvalue weighted by atomic mass is 19.1. The maximum Gasteiger partial charge on any atom is 0.305 e. The van der Waals surface area contributed by atoms with Gasteiger partial charge in [-0.3, -0.25) is 19.9 Å². The number of carbonyl (C=O) groups is 1. The molecule has 0 aromatic heterocycles. The number of nitro benzene ring substituents is 1. The normalized spacial score (nSPS) is 24.5. The first-order chi connectivity index (χ1) is 12.0. The van der Waals surface area contributed by atoms with Crippen LogP contribution in [-0.2, 0) is 10.2 Å². The fraction of sp³-hybridized carbons (Fsp3) is 0.263. The molecular formula is C19H15FN2O3. The van der Waals surface area contributed by atoms with E-state index in [1.54, 1.807) is 12.3 Å². The smallest absolute Gasteiger partial charge is 0.298 e. The van der Waals surface area contributed by atoms with E-state index in [-0.39, 0.29) is 11.7 Å². The molecule has 2 aliphatic rings. The van der Waals surface area contributed by atoms with Crippen LogP contribution in [0.15, 0.2) is 47.5 Å². The summed E-state index contributed by atoms with van der Waals surface area (Å²) in [5.41, 5.74) is 1.08. The number of halogens is 1. The number of Topliss-reactive ketones (excluding diaryl/α,β-unsaturated/α-hetero) is 1. The number of hydrogen-bond acceptors (Lipinski definition) is 4. The number of fused-ring (bicyclic) bond motifs is 2. The van der Waals surface area contributed by atoms with Crippen LogP contribution in [0.1, 0.15) is 36.3 Å². The molecule has 0 amide bonds. The molecular weight excluding hydrogens is 323 g/mol. The summed E-state index contributed by atoms with van der Waals surface area (Å²) < 4.78 is 13.6. The first-order valence-corrected chi connectivity index (χ1v) is 8.13. The molecule has 1 fully saturated rings. The summed E-state index contributed by atoms with van der Waals surface area (Å²) >= 11 is 0. The lowest BCUT2D eigenvalue weighted by atomic mass is 9.65. The highest BCUT2D eigenvalue weighted by Gasteiger charge is 2.47. The summed E-state index contributed by atoms with van der Waals surface area (Å²) in [5.74, 6) is -0.785. The van der Waals surface area contributed by atoms with Crippen molar-refractivity contribution in [3.63, 3.8) is 0 Å². The van der Waals surface area contributed by atoms with Crippen LogP contribution in [0.3, 0.4) is 0 Å². The van der Waals surface area contributed by atoms with Gasteiger partial charge >= 0.3 is 5.69 Å². The zero-order chi connectivity index (χ0) is 17.6. The van der Waals surface area contributed by atoms with Crippen LogP contribution in [0, 0.1) is 15.9 Å². The largest absolute Gasteiger partial charge is 0.305 e. The second kappa shape index (κ2) is 5.58. The molecule has 1 aliphatic heterocycles. The molecule has 0 radical (unpaired) electrons. The third-order valence-corrected chi connectivity index (χ3v) is 5.23. The monoisotopic (exact) mass is 338 g/mol. The number of rotatable bonds is 2. The molecule has 0 bridgehead atoms. The van der Waals surface area contributed by atoms with Crippen LogP contribution in [0.4, 0.5) is 15.8 Å². The van der Waals surface area contributed by atoms with Crippen molar-refractivity contribution in [1.29, 1.82) is 0 Å². The quantitative estimate of drug-likeness (QED) is 0.608. The van der Waals surface area contributed by atoms with Gasteiger partial charge in [0.15, 0.2) is 0 Å². The molecule has 2 atom stereocenters. The maximum absolute atomic E-state index is 13.6. The SMILES string of the molecule is O=C1CCC(c2ccc(F)c([N+](=O)[O-])c2)CC12C=Nc1ccccc12. The van der Waals surface area contributed by atoms with E-state index in [2.05, 4.69) is 4.99 Å². The number of nitrogens with zero attached hydrogens (tertiary/aromatic N) is 2. The second-order valence-electron chi connectivity index (χ2n) is 6.58. The van der Waals surface area contributed by atoms with E-state index in [1.807, 2.05) is 24.3 Å². The minimum absolute atomic E-state index is 0.0605. The van der Waals surface area contributed by atoms with Crippen molar-refractivity contribution >= 4 is 23.4 Å². The van der Waals surface area contributed by atoms with Crippen LogP contribution in [0.25, 0.3) is 0 Å². The number of benzene rings is 2. The van der Waals surface area contributed by atoms with Crippen molar-refractivity contribution in [2.75, 3.05) is 0 Å². The molecule has 6 heteroatoms. The molecule has 2 unspecified atom stereocenters. The van der Waals surface area contributed by atoms with Gasteiger partial charge < -0.3 is 0 Å². The van der Waals surface area contributed by atoms with E-state index in [4.69, 9.17) is 0 Å². The lowest BCUT2D eigenvalue weighted by molar-refractivity contribution is -0.387. The third kappa shape index (κ3) is 2.36. The Bertz CT molecular complexity index is 925. The molecule has 2 aromatic carbocycles. The standard InChI is InChI=1S/C19H15FN2O3/c20-15-7-5-12(9-17(15)22(24)25)13-6-8-18(23)19(10-13)11-21-16-4-2-1-3-14(16)19/h1-5,7,9,11,13H,6,8,10H2. The minimum atomic E-state index is -0.844. The molecule has 5 nitrogen and oxygen atoms in total. The van der Waals surface area contributed by atoms with E-state index >= 15 is 0 Å². The second-order valence-corrected chi connectivity index (χ2v) is 6.58. The van der Waals surface area contributed by atoms with Crippen molar-refractivity contribution in [3.8, 4) is 0 Å². The molecule has 2 aromatic rings. The van der Waals surface area contributed by atoms with Gasteiger partial charge in [-0.2, -0.15) is 4.39 Å². The molecule has 25 heavy (non-hydrogen) atoms. The average molecular weight is 338 g/mol. The Balaban J connectivity index is 1.74. The molecule has 1 spiro atoms. The fourth-order valence-electron chi connectivity index (χ4n) is 3.94. The fourth-order valence-corrected chi connectivity index (χ4v) is 3.94. The van der Waals surface area contributed by atoms with E-state index in [0.717, 1.165) is 17.3 Å². The van der Waals surface area contributed by atoms with Crippen molar-refractivity contribution < 1.29 is 14.1 Å². The number of hydrogen-bond donors (Lipinski definition) is 0. The van der Waals surface area contributed by atoms with Crippen LogP contribution >= 0.6 is 0 Å². The van der Waals surface area contributed by atoms with Crippen molar-refractivity contribution in [3.05, 3.63) is 69.5 Å². The van der Waals surface area contributed by atoms with Gasteiger partial charge in [0.2, 0.25) is 5.82 Å². The average Bonchev–Trinajstić information content (AvgIpc) is 2.97. The summed E-state index contributed by atoms with van der Waals surface area (Å²) in [4.78, 5) is 27.4. The van der Waals surface area contributed by atoms with Gasteiger partial charge in [0, 0.05) is 18.7 Å². The molecule has 1 aliphatic carbocycles. The molecule has 4 rings (SSSR count). The summed E-state index contributed by atoms with van der Waals surface area (Å²) in [7, 11) is 0. The minimum Gasteiger partial charge on any atom is -0.298 e. The van der Waals surface area contributed by atoms with E-state index in [1.165, 1.54) is 6.07 Å². The van der Waals surface area contributed by atoms with Crippen molar-refractivity contribution in [2.24, 2.45) is 4.99 Å². The van der Waals surface area contributed by atoms with Crippen LogP contribution in [0.2, 0.25) is 0 Å². The molecule has 1 heterocycles. The van der Waals surface area contributed by atoms with Gasteiger partial charge in [-0.25, -0.2) is 0 Å². The molecule has 0 saturated heterocycles. The Morgan fingerprint density at radius 3 is 2.84 bits per heavy atom. The third-order valence-electron chi connectivity index (χ3n) is 5.23. The molecule has 0 N–H and O–H groups in total. The first-order valence-electron chi connectivity index (χ1n) is 8.13. The number of aliphatic imine (C=N–C) groups is 1. The lowest BCUT2D eigenvalue weighted by Gasteiger charge is -2.35. The summed E-state index contributed by atoms with van der Waals surface area (Å²) in [6.45, 7) is 0. The predicted molar refractivity (Wildman–Crippen MR) is 90.9 cm³/mol. The van der Waals surface area contributed by atoms with Gasteiger partial charge in [-0.15, -0.1) is 0 Å². The lowest BCUT2D eigenvalue weighted by Crippen LogP contribution is -2.41. The first kappa shape index (κ1) is 15.6. The Hall–Kier alpha value is -2.89. The van der Waals surface area contributed by atoms with Crippen LogP contribution < -0.4 is 0 Å². The predicted octanol–water partition coefficient (Wildman–Crippen LogP) is 4.22. The summed E-state index contributed by atoms with van der Waals surface area (Å²) in [6, 6.07) is 11.6. The van der Waals surface area contributed by atoms with Crippen LogP contribution in [-0.4, -0.2) is 16.9 Å². The van der Waals surface area contributed by atoms with Crippen LogP contribution in [0.5, 0.6) is 0 Å². The number of para-hydroxylation sites is 1. The van der Waals surface area contributed by atoms with Gasteiger partial charge in [0.05, 0.1) is 16.0 Å². The summed E-state index contributed by atoms with van der Waals surface area (Å²) in [5, 5.41) is 11.0. The van der Waals surface area contributed by atoms with Gasteiger partial charge in [-0.05, 0) is 42.0 Å². The Kier molecular flexibility index (Phi) is 3.49. The van der Waals surface area contributed by atoms with E-state index in [0.29, 0.717) is 24.8 Å². The zero-order valence-corrected chi connectivity index (χ0v) is 13.3. The van der Waals surface area contributed by atoms with Crippen molar-refractivity contribution in [1.82, 2.24) is 0 Å². The molecule has 1 saturated carbocycles. The van der Waals surface area contributed by atoms with Gasteiger partial charge in [0.25, 0.3) is 0 Å². The highest BCUT2D eigenvalue weighted by Crippen LogP contribution is 2.48. The zero-order valence-electron chi connectivity index (χ0n) is 13.3. The van der Waals surface area contributed by atoms with Gasteiger partial charge in [0.1, 0.15) is 5.78 Å².